The van der Waals surface area contributed by atoms with Crippen molar-refractivity contribution in [2.75, 3.05) is 12.3 Å². The van der Waals surface area contributed by atoms with Crippen LogP contribution in [0.1, 0.15) is 32.3 Å². The van der Waals surface area contributed by atoms with Gasteiger partial charge in [0.05, 0.1) is 17.4 Å². The Labute approximate surface area is 117 Å². The molecule has 4 heteroatoms. The number of halogens is 1. The number of rotatable bonds is 3. The Balaban J connectivity index is 1.99. The lowest BCUT2D eigenvalue weighted by molar-refractivity contribution is -0.0326. The summed E-state index contributed by atoms with van der Waals surface area (Å²) >= 11 is 3.42. The fourth-order valence-electron chi connectivity index (χ4n) is 2.32. The molecule has 0 amide bonds. The van der Waals surface area contributed by atoms with Crippen LogP contribution >= 0.6 is 15.9 Å². The van der Waals surface area contributed by atoms with Gasteiger partial charge in [0.15, 0.2) is 0 Å². The quantitative estimate of drug-likeness (QED) is 0.866. The fourth-order valence-corrected chi connectivity index (χ4v) is 2.91. The monoisotopic (exact) mass is 313 g/mol. The molecule has 1 heterocycles. The summed E-state index contributed by atoms with van der Waals surface area (Å²) in [5.74, 6) is 0.770. The maximum Gasteiger partial charge on any atom is 0.145 e. The molecule has 0 aromatic heterocycles. The maximum atomic E-state index is 5.96. The molecule has 2 N–H and O–H groups in total. The molecule has 18 heavy (non-hydrogen) atoms. The Morgan fingerprint density at radius 3 is 2.78 bits per heavy atom. The SMILES string of the molecule is Cc1cc(Br)cc(N)c1OCC1CCC(C)(C)O1. The van der Waals surface area contributed by atoms with Crippen LogP contribution in [0.5, 0.6) is 5.75 Å². The molecule has 100 valence electrons. The van der Waals surface area contributed by atoms with E-state index in [0.29, 0.717) is 12.3 Å². The molecule has 0 bridgehead atoms. The summed E-state index contributed by atoms with van der Waals surface area (Å²) in [4.78, 5) is 0. The van der Waals surface area contributed by atoms with Crippen molar-refractivity contribution < 1.29 is 9.47 Å². The van der Waals surface area contributed by atoms with E-state index in [1.54, 1.807) is 0 Å². The average molecular weight is 314 g/mol. The zero-order valence-corrected chi connectivity index (χ0v) is 12.7. The summed E-state index contributed by atoms with van der Waals surface area (Å²) in [6.07, 6.45) is 2.29. The number of hydrogen-bond donors (Lipinski definition) is 1. The van der Waals surface area contributed by atoms with Crippen molar-refractivity contribution in [3.63, 3.8) is 0 Å². The van der Waals surface area contributed by atoms with Gasteiger partial charge < -0.3 is 15.2 Å². The lowest BCUT2D eigenvalue weighted by atomic mass is 10.1. The second-order valence-electron chi connectivity index (χ2n) is 5.49. The first-order chi connectivity index (χ1) is 8.37. The van der Waals surface area contributed by atoms with E-state index in [-0.39, 0.29) is 11.7 Å². The van der Waals surface area contributed by atoms with Crippen molar-refractivity contribution in [2.45, 2.75) is 45.3 Å². The third kappa shape index (κ3) is 3.18. The molecule has 1 saturated heterocycles. The number of nitrogens with two attached hydrogens (primary N) is 1. The van der Waals surface area contributed by atoms with Crippen LogP contribution in [0, 0.1) is 6.92 Å². The minimum absolute atomic E-state index is 0.0195. The van der Waals surface area contributed by atoms with Gasteiger partial charge in [-0.2, -0.15) is 0 Å². The molecule has 1 aromatic rings. The number of aryl methyl sites for hydroxylation is 1. The van der Waals surface area contributed by atoms with Gasteiger partial charge in [-0.05, 0) is 51.3 Å². The van der Waals surface area contributed by atoms with Gasteiger partial charge in [0, 0.05) is 4.47 Å². The molecule has 1 fully saturated rings. The van der Waals surface area contributed by atoms with E-state index in [1.165, 1.54) is 0 Å². The number of anilines is 1. The van der Waals surface area contributed by atoms with Crippen LogP contribution in [0.15, 0.2) is 16.6 Å². The molecule has 1 aliphatic rings. The van der Waals surface area contributed by atoms with Gasteiger partial charge in [-0.1, -0.05) is 15.9 Å². The van der Waals surface area contributed by atoms with Crippen LogP contribution in [0.25, 0.3) is 0 Å². The number of nitrogen functional groups attached to an aromatic ring is 1. The maximum absolute atomic E-state index is 5.96. The predicted molar refractivity (Wildman–Crippen MR) is 77.0 cm³/mol. The molecule has 3 nitrogen and oxygen atoms in total. The van der Waals surface area contributed by atoms with Gasteiger partial charge in [0.1, 0.15) is 12.4 Å². The van der Waals surface area contributed by atoms with Gasteiger partial charge >= 0.3 is 0 Å². The van der Waals surface area contributed by atoms with E-state index < -0.39 is 0 Å². The molecule has 1 atom stereocenters. The first-order valence-corrected chi connectivity index (χ1v) is 7.03. The van der Waals surface area contributed by atoms with Crippen molar-refractivity contribution in [2.24, 2.45) is 0 Å². The summed E-state index contributed by atoms with van der Waals surface area (Å²) < 4.78 is 12.7. The highest BCUT2D eigenvalue weighted by atomic mass is 79.9. The normalized spacial score (nSPS) is 22.1. The molecule has 1 aromatic carbocycles. The number of hydrogen-bond acceptors (Lipinski definition) is 3. The van der Waals surface area contributed by atoms with Gasteiger partial charge in [-0.25, -0.2) is 0 Å². The van der Waals surface area contributed by atoms with Crippen LogP contribution < -0.4 is 10.5 Å². The zero-order chi connectivity index (χ0) is 13.3. The van der Waals surface area contributed by atoms with Gasteiger partial charge in [-0.15, -0.1) is 0 Å². The second kappa shape index (κ2) is 5.10. The van der Waals surface area contributed by atoms with E-state index in [1.807, 2.05) is 19.1 Å². The molecule has 0 spiro atoms. The van der Waals surface area contributed by atoms with Crippen molar-refractivity contribution >= 4 is 21.6 Å². The fraction of sp³-hybridized carbons (Fsp3) is 0.571. The third-order valence-corrected chi connectivity index (χ3v) is 3.69. The van der Waals surface area contributed by atoms with E-state index in [2.05, 4.69) is 29.8 Å². The van der Waals surface area contributed by atoms with Crippen molar-refractivity contribution in [1.29, 1.82) is 0 Å². The van der Waals surface area contributed by atoms with Crippen molar-refractivity contribution in [1.82, 2.24) is 0 Å². The molecule has 0 saturated carbocycles. The minimum atomic E-state index is -0.0195. The summed E-state index contributed by atoms with van der Waals surface area (Å²) in [6.45, 7) is 6.80. The van der Waals surface area contributed by atoms with Crippen LogP contribution in [-0.2, 0) is 4.74 Å². The van der Waals surface area contributed by atoms with Crippen LogP contribution in [-0.4, -0.2) is 18.3 Å². The second-order valence-corrected chi connectivity index (χ2v) is 6.41. The summed E-state index contributed by atoms with van der Waals surface area (Å²) in [5, 5.41) is 0. The molecule has 1 unspecified atom stereocenters. The predicted octanol–water partition coefficient (Wildman–Crippen LogP) is 3.68. The van der Waals surface area contributed by atoms with Gasteiger partial charge in [0.25, 0.3) is 0 Å². The highest BCUT2D eigenvalue weighted by molar-refractivity contribution is 9.10. The summed E-state index contributed by atoms with van der Waals surface area (Å²) in [7, 11) is 0. The minimum Gasteiger partial charge on any atom is -0.488 e. The molecule has 0 aliphatic carbocycles. The van der Waals surface area contributed by atoms with Crippen LogP contribution in [0.4, 0.5) is 5.69 Å². The topological polar surface area (TPSA) is 44.5 Å². The Morgan fingerprint density at radius 1 is 1.50 bits per heavy atom. The smallest absolute Gasteiger partial charge is 0.145 e. The van der Waals surface area contributed by atoms with Gasteiger partial charge in [0.2, 0.25) is 0 Å². The van der Waals surface area contributed by atoms with Gasteiger partial charge in [-0.3, -0.25) is 0 Å². The average Bonchev–Trinajstić information content (AvgIpc) is 2.56. The molecular formula is C14H20BrNO2. The number of ether oxygens (including phenoxy) is 2. The van der Waals surface area contributed by atoms with E-state index in [0.717, 1.165) is 28.6 Å². The first-order valence-electron chi connectivity index (χ1n) is 6.24. The van der Waals surface area contributed by atoms with E-state index in [4.69, 9.17) is 15.2 Å². The molecule has 2 rings (SSSR count). The highest BCUT2D eigenvalue weighted by Crippen LogP contribution is 2.33. The largest absolute Gasteiger partial charge is 0.488 e. The van der Waals surface area contributed by atoms with E-state index >= 15 is 0 Å². The van der Waals surface area contributed by atoms with Crippen LogP contribution in [0.3, 0.4) is 0 Å². The lowest BCUT2D eigenvalue weighted by Gasteiger charge is -2.20. The Bertz CT molecular complexity index is 422. The standard InChI is InChI=1S/C14H20BrNO2/c1-9-6-10(15)7-12(16)13(9)17-8-11-4-5-14(2,3)18-11/h6-7,11H,4-5,8,16H2,1-3H3. The zero-order valence-electron chi connectivity index (χ0n) is 11.1. The number of benzene rings is 1. The summed E-state index contributed by atoms with van der Waals surface area (Å²) in [6, 6.07) is 3.87. The molecule has 1 aliphatic heterocycles. The Morgan fingerprint density at radius 2 is 2.22 bits per heavy atom. The summed E-state index contributed by atoms with van der Waals surface area (Å²) in [5.41, 5.74) is 7.65. The molecular weight excluding hydrogens is 294 g/mol. The Kier molecular flexibility index (Phi) is 3.87. The lowest BCUT2D eigenvalue weighted by Crippen LogP contribution is -2.24. The third-order valence-electron chi connectivity index (χ3n) is 3.24. The molecule has 0 radical (unpaired) electrons. The van der Waals surface area contributed by atoms with Crippen molar-refractivity contribution in [3.05, 3.63) is 22.2 Å². The first kappa shape index (κ1) is 13.7. The Hall–Kier alpha value is -0.740. The van der Waals surface area contributed by atoms with E-state index in [9.17, 15) is 0 Å². The van der Waals surface area contributed by atoms with Crippen LogP contribution in [0.2, 0.25) is 0 Å². The highest BCUT2D eigenvalue weighted by Gasteiger charge is 2.32. The van der Waals surface area contributed by atoms with Crippen molar-refractivity contribution in [3.8, 4) is 5.75 Å².